The van der Waals surface area contributed by atoms with Gasteiger partial charge in [-0.1, -0.05) is 19.3 Å². The number of nitrogens with zero attached hydrogens (tertiary/aromatic N) is 1. The average Bonchev–Trinajstić information content (AvgIpc) is 2.39. The standard InChI is InChI=1S/C12H22N2O4S/c15-12(16)11-8-13-6-7-14(11)19(17,18)9-10-4-2-1-3-5-10/h10-11,13H,1-9H2,(H,15,16). The van der Waals surface area contributed by atoms with Crippen molar-refractivity contribution in [2.75, 3.05) is 25.4 Å². The molecular weight excluding hydrogens is 268 g/mol. The van der Waals surface area contributed by atoms with Gasteiger partial charge in [0.1, 0.15) is 6.04 Å². The smallest absolute Gasteiger partial charge is 0.323 e. The number of carboxylic acid groups (broad SMARTS) is 1. The molecule has 0 aromatic rings. The second kappa shape index (κ2) is 6.19. The molecule has 0 aromatic heterocycles. The zero-order valence-electron chi connectivity index (χ0n) is 11.0. The summed E-state index contributed by atoms with van der Waals surface area (Å²) < 4.78 is 26.0. The van der Waals surface area contributed by atoms with E-state index in [1.165, 1.54) is 10.7 Å². The van der Waals surface area contributed by atoms with Gasteiger partial charge in [-0.15, -0.1) is 0 Å². The third-order valence-corrected chi connectivity index (χ3v) is 6.05. The van der Waals surface area contributed by atoms with Crippen LogP contribution in [0.15, 0.2) is 0 Å². The van der Waals surface area contributed by atoms with Crippen LogP contribution in [0.2, 0.25) is 0 Å². The Balaban J connectivity index is 2.05. The summed E-state index contributed by atoms with van der Waals surface area (Å²) >= 11 is 0. The third-order valence-electron chi connectivity index (χ3n) is 4.01. The van der Waals surface area contributed by atoms with Crippen LogP contribution in [0.1, 0.15) is 32.1 Å². The lowest BCUT2D eigenvalue weighted by molar-refractivity contribution is -0.141. The fourth-order valence-corrected chi connectivity index (χ4v) is 5.02. The van der Waals surface area contributed by atoms with Gasteiger partial charge in [-0.2, -0.15) is 4.31 Å². The van der Waals surface area contributed by atoms with E-state index in [1.807, 2.05) is 0 Å². The van der Waals surface area contributed by atoms with Crippen molar-refractivity contribution in [3.8, 4) is 0 Å². The monoisotopic (exact) mass is 290 g/mol. The van der Waals surface area contributed by atoms with E-state index in [0.29, 0.717) is 6.54 Å². The van der Waals surface area contributed by atoms with Crippen LogP contribution in [0.4, 0.5) is 0 Å². The Kier molecular flexibility index (Phi) is 4.81. The predicted molar refractivity (Wildman–Crippen MR) is 71.4 cm³/mol. The molecule has 0 bridgehead atoms. The van der Waals surface area contributed by atoms with E-state index in [0.717, 1.165) is 25.7 Å². The highest BCUT2D eigenvalue weighted by Gasteiger charge is 2.37. The SMILES string of the molecule is O=C(O)C1CNCCN1S(=O)(=O)CC1CCCCC1. The molecule has 1 aliphatic heterocycles. The lowest BCUT2D eigenvalue weighted by atomic mass is 9.91. The Bertz CT molecular complexity index is 417. The predicted octanol–water partition coefficient (Wildman–Crippen LogP) is 0.255. The van der Waals surface area contributed by atoms with Gasteiger partial charge in [0.25, 0.3) is 0 Å². The van der Waals surface area contributed by atoms with Crippen molar-refractivity contribution in [3.05, 3.63) is 0 Å². The van der Waals surface area contributed by atoms with E-state index in [2.05, 4.69) is 5.32 Å². The van der Waals surface area contributed by atoms with Crippen LogP contribution < -0.4 is 5.32 Å². The molecule has 1 heterocycles. The van der Waals surface area contributed by atoms with Crippen LogP contribution in [0.25, 0.3) is 0 Å². The number of rotatable bonds is 4. The maximum absolute atomic E-state index is 12.4. The first-order valence-corrected chi connectivity index (χ1v) is 8.54. The van der Waals surface area contributed by atoms with Crippen molar-refractivity contribution < 1.29 is 18.3 Å². The molecule has 0 radical (unpaired) electrons. The Morgan fingerprint density at radius 2 is 1.95 bits per heavy atom. The molecule has 2 fully saturated rings. The van der Waals surface area contributed by atoms with Crippen molar-refractivity contribution >= 4 is 16.0 Å². The van der Waals surface area contributed by atoms with E-state index in [-0.39, 0.29) is 24.8 Å². The van der Waals surface area contributed by atoms with E-state index >= 15 is 0 Å². The lowest BCUT2D eigenvalue weighted by Gasteiger charge is -2.34. The second-order valence-electron chi connectivity index (χ2n) is 5.45. The largest absolute Gasteiger partial charge is 0.480 e. The van der Waals surface area contributed by atoms with Gasteiger partial charge in [-0.3, -0.25) is 4.79 Å². The summed E-state index contributed by atoms with van der Waals surface area (Å²) in [6.45, 7) is 0.971. The molecular formula is C12H22N2O4S. The van der Waals surface area contributed by atoms with Crippen LogP contribution >= 0.6 is 0 Å². The highest BCUT2D eigenvalue weighted by atomic mass is 32.2. The highest BCUT2D eigenvalue weighted by Crippen LogP contribution is 2.26. The summed E-state index contributed by atoms with van der Waals surface area (Å²) in [5.41, 5.74) is 0. The number of carboxylic acids is 1. The van der Waals surface area contributed by atoms with Gasteiger partial charge < -0.3 is 10.4 Å². The molecule has 2 rings (SSSR count). The molecule has 0 spiro atoms. The first kappa shape index (κ1) is 14.7. The lowest BCUT2D eigenvalue weighted by Crippen LogP contribution is -2.57. The molecule has 19 heavy (non-hydrogen) atoms. The molecule has 0 aromatic carbocycles. The summed E-state index contributed by atoms with van der Waals surface area (Å²) in [5.74, 6) is -0.765. The normalized spacial score (nSPS) is 27.3. The van der Waals surface area contributed by atoms with Gasteiger partial charge in [0.2, 0.25) is 10.0 Å². The fourth-order valence-electron chi connectivity index (χ4n) is 2.98. The van der Waals surface area contributed by atoms with Gasteiger partial charge in [-0.05, 0) is 18.8 Å². The summed E-state index contributed by atoms with van der Waals surface area (Å²) in [6, 6.07) is -0.956. The molecule has 110 valence electrons. The first-order valence-electron chi connectivity index (χ1n) is 6.94. The Morgan fingerprint density at radius 1 is 1.26 bits per heavy atom. The zero-order valence-corrected chi connectivity index (χ0v) is 11.9. The fraction of sp³-hybridized carbons (Fsp3) is 0.917. The van der Waals surface area contributed by atoms with Crippen LogP contribution in [-0.2, 0) is 14.8 Å². The summed E-state index contributed by atoms with van der Waals surface area (Å²) in [4.78, 5) is 11.2. The molecule has 2 aliphatic rings. The van der Waals surface area contributed by atoms with Crippen LogP contribution in [0.5, 0.6) is 0 Å². The Morgan fingerprint density at radius 3 is 2.58 bits per heavy atom. The molecule has 0 amide bonds. The maximum Gasteiger partial charge on any atom is 0.323 e. The van der Waals surface area contributed by atoms with Crippen LogP contribution in [0, 0.1) is 5.92 Å². The Labute approximate surface area is 114 Å². The molecule has 1 unspecified atom stereocenters. The van der Waals surface area contributed by atoms with Crippen molar-refractivity contribution in [2.45, 2.75) is 38.1 Å². The molecule has 1 saturated carbocycles. The first-order chi connectivity index (χ1) is 9.00. The quantitative estimate of drug-likeness (QED) is 0.775. The number of hydrogen-bond donors (Lipinski definition) is 2. The topological polar surface area (TPSA) is 86.7 Å². The maximum atomic E-state index is 12.4. The minimum Gasteiger partial charge on any atom is -0.480 e. The van der Waals surface area contributed by atoms with Gasteiger partial charge in [0.15, 0.2) is 0 Å². The van der Waals surface area contributed by atoms with Crippen molar-refractivity contribution in [3.63, 3.8) is 0 Å². The van der Waals surface area contributed by atoms with Gasteiger partial charge >= 0.3 is 5.97 Å². The number of hydrogen-bond acceptors (Lipinski definition) is 4. The van der Waals surface area contributed by atoms with Gasteiger partial charge in [-0.25, -0.2) is 8.42 Å². The summed E-state index contributed by atoms with van der Waals surface area (Å²) in [6.07, 6.45) is 5.25. The molecule has 6 nitrogen and oxygen atoms in total. The van der Waals surface area contributed by atoms with Crippen molar-refractivity contribution in [2.24, 2.45) is 5.92 Å². The van der Waals surface area contributed by atoms with E-state index in [4.69, 9.17) is 5.11 Å². The number of piperazine rings is 1. The molecule has 1 atom stereocenters. The number of nitrogens with one attached hydrogen (secondary N) is 1. The number of sulfonamides is 1. The number of aliphatic carboxylic acids is 1. The van der Waals surface area contributed by atoms with Crippen molar-refractivity contribution in [1.29, 1.82) is 0 Å². The minimum atomic E-state index is -3.46. The van der Waals surface area contributed by atoms with Crippen LogP contribution in [-0.4, -0.2) is 55.2 Å². The van der Waals surface area contributed by atoms with Gasteiger partial charge in [0.05, 0.1) is 5.75 Å². The molecule has 1 saturated heterocycles. The highest BCUT2D eigenvalue weighted by molar-refractivity contribution is 7.89. The Hall–Kier alpha value is -0.660. The number of carbonyl (C=O) groups is 1. The minimum absolute atomic E-state index is 0.108. The van der Waals surface area contributed by atoms with E-state index < -0.39 is 22.0 Å². The summed E-state index contributed by atoms with van der Waals surface area (Å²) in [5, 5.41) is 12.1. The zero-order chi connectivity index (χ0) is 13.9. The third kappa shape index (κ3) is 3.67. The van der Waals surface area contributed by atoms with E-state index in [9.17, 15) is 13.2 Å². The average molecular weight is 290 g/mol. The van der Waals surface area contributed by atoms with Crippen molar-refractivity contribution in [1.82, 2.24) is 9.62 Å². The second-order valence-corrected chi connectivity index (χ2v) is 7.42. The summed E-state index contributed by atoms with van der Waals surface area (Å²) in [7, 11) is -3.46. The molecule has 7 heteroatoms. The van der Waals surface area contributed by atoms with Gasteiger partial charge in [0, 0.05) is 19.6 Å². The molecule has 1 aliphatic carbocycles. The van der Waals surface area contributed by atoms with E-state index in [1.54, 1.807) is 0 Å². The van der Waals surface area contributed by atoms with Crippen LogP contribution in [0.3, 0.4) is 0 Å². The molecule has 2 N–H and O–H groups in total.